The lowest BCUT2D eigenvalue weighted by atomic mass is 10.1. The molecule has 1 heterocycles. The summed E-state index contributed by atoms with van der Waals surface area (Å²) in [5, 5.41) is 28.0. The van der Waals surface area contributed by atoms with E-state index < -0.39 is 4.92 Å². The molecule has 7 heteroatoms. The van der Waals surface area contributed by atoms with Gasteiger partial charge in [0.2, 0.25) is 0 Å². The van der Waals surface area contributed by atoms with Crippen molar-refractivity contribution >= 4 is 11.4 Å². The topological polar surface area (TPSA) is 96.8 Å². The SMILES string of the molecule is Cc1nn(Cc2ccccc2)c(C)c1CNc1cc(C#N)ccc1[N+](=O)[O-]. The second kappa shape index (κ2) is 7.70. The summed E-state index contributed by atoms with van der Waals surface area (Å²) in [5.41, 5.74) is 4.66. The van der Waals surface area contributed by atoms with Crippen LogP contribution in [-0.4, -0.2) is 14.7 Å². The van der Waals surface area contributed by atoms with Crippen molar-refractivity contribution in [2.24, 2.45) is 0 Å². The maximum Gasteiger partial charge on any atom is 0.292 e. The largest absolute Gasteiger partial charge is 0.375 e. The minimum absolute atomic E-state index is 0.0546. The highest BCUT2D eigenvalue weighted by atomic mass is 16.6. The molecule has 1 N–H and O–H groups in total. The number of rotatable bonds is 6. The van der Waals surface area contributed by atoms with Crippen molar-refractivity contribution in [3.63, 3.8) is 0 Å². The number of nitrogens with one attached hydrogen (secondary N) is 1. The van der Waals surface area contributed by atoms with Gasteiger partial charge in [-0.15, -0.1) is 0 Å². The number of benzene rings is 2. The van der Waals surface area contributed by atoms with Crippen LogP contribution < -0.4 is 5.32 Å². The highest BCUT2D eigenvalue weighted by molar-refractivity contribution is 5.64. The quantitative estimate of drug-likeness (QED) is 0.530. The van der Waals surface area contributed by atoms with Crippen molar-refractivity contribution in [2.45, 2.75) is 26.9 Å². The van der Waals surface area contributed by atoms with E-state index in [1.807, 2.05) is 54.9 Å². The summed E-state index contributed by atoms with van der Waals surface area (Å²) < 4.78 is 1.93. The van der Waals surface area contributed by atoms with Crippen LogP contribution in [0.5, 0.6) is 0 Å². The molecular formula is C20H19N5O2. The first kappa shape index (κ1) is 18.1. The van der Waals surface area contributed by atoms with Gasteiger partial charge in [0.15, 0.2) is 0 Å². The van der Waals surface area contributed by atoms with E-state index >= 15 is 0 Å². The van der Waals surface area contributed by atoms with Crippen LogP contribution in [0.2, 0.25) is 0 Å². The molecule has 0 fully saturated rings. The van der Waals surface area contributed by atoms with Crippen LogP contribution in [0.3, 0.4) is 0 Å². The maximum atomic E-state index is 11.2. The monoisotopic (exact) mass is 361 g/mol. The van der Waals surface area contributed by atoms with Crippen molar-refractivity contribution in [1.82, 2.24) is 9.78 Å². The molecule has 2 aromatic carbocycles. The molecule has 0 saturated carbocycles. The Morgan fingerprint density at radius 3 is 2.63 bits per heavy atom. The van der Waals surface area contributed by atoms with E-state index in [1.165, 1.54) is 18.2 Å². The average Bonchev–Trinajstić information content (AvgIpc) is 2.93. The zero-order chi connectivity index (χ0) is 19.4. The normalized spacial score (nSPS) is 10.4. The number of nitro benzene ring substituents is 1. The average molecular weight is 361 g/mol. The Kier molecular flexibility index (Phi) is 5.18. The van der Waals surface area contributed by atoms with Crippen molar-refractivity contribution in [2.75, 3.05) is 5.32 Å². The Morgan fingerprint density at radius 1 is 1.22 bits per heavy atom. The molecule has 0 aliphatic rings. The fraction of sp³-hybridized carbons (Fsp3) is 0.200. The zero-order valence-corrected chi connectivity index (χ0v) is 15.1. The van der Waals surface area contributed by atoms with E-state index in [1.54, 1.807) is 0 Å². The second-order valence-electron chi connectivity index (χ2n) is 6.25. The van der Waals surface area contributed by atoms with E-state index in [0.29, 0.717) is 24.3 Å². The molecule has 3 aromatic rings. The first-order valence-electron chi connectivity index (χ1n) is 8.49. The molecule has 27 heavy (non-hydrogen) atoms. The molecule has 0 spiro atoms. The molecule has 7 nitrogen and oxygen atoms in total. The van der Waals surface area contributed by atoms with E-state index in [4.69, 9.17) is 5.26 Å². The van der Waals surface area contributed by atoms with Gasteiger partial charge in [-0.25, -0.2) is 0 Å². The summed E-state index contributed by atoms with van der Waals surface area (Å²) >= 11 is 0. The molecule has 0 saturated heterocycles. The third kappa shape index (κ3) is 3.96. The molecule has 0 bridgehead atoms. The molecular weight excluding hydrogens is 342 g/mol. The minimum Gasteiger partial charge on any atom is -0.375 e. The zero-order valence-electron chi connectivity index (χ0n) is 15.1. The first-order valence-corrected chi connectivity index (χ1v) is 8.49. The van der Waals surface area contributed by atoms with Crippen LogP contribution in [0, 0.1) is 35.3 Å². The molecule has 0 amide bonds. The van der Waals surface area contributed by atoms with Crippen LogP contribution in [0.1, 0.15) is 28.1 Å². The number of nitrogens with zero attached hydrogens (tertiary/aromatic N) is 4. The van der Waals surface area contributed by atoms with Gasteiger partial charge in [-0.1, -0.05) is 30.3 Å². The van der Waals surface area contributed by atoms with Crippen LogP contribution >= 0.6 is 0 Å². The standard InChI is InChI=1S/C20H19N5O2/c1-14-18(15(2)24(23-14)13-16-6-4-3-5-7-16)12-22-19-10-17(11-21)8-9-20(19)25(26)27/h3-10,22H,12-13H2,1-2H3. The molecule has 0 radical (unpaired) electrons. The predicted molar refractivity (Wildman–Crippen MR) is 102 cm³/mol. The Labute approximate surface area is 157 Å². The molecule has 1 aromatic heterocycles. The number of nitriles is 1. The van der Waals surface area contributed by atoms with E-state index in [0.717, 1.165) is 22.5 Å². The van der Waals surface area contributed by atoms with Crippen LogP contribution in [0.4, 0.5) is 11.4 Å². The third-order valence-electron chi connectivity index (χ3n) is 4.48. The number of aromatic nitrogens is 2. The number of hydrogen-bond donors (Lipinski definition) is 1. The van der Waals surface area contributed by atoms with Gasteiger partial charge in [0, 0.05) is 23.9 Å². The second-order valence-corrected chi connectivity index (χ2v) is 6.25. The summed E-state index contributed by atoms with van der Waals surface area (Å²) in [6.07, 6.45) is 0. The van der Waals surface area contributed by atoms with E-state index in [9.17, 15) is 10.1 Å². The fourth-order valence-corrected chi connectivity index (χ4v) is 2.99. The molecule has 136 valence electrons. The molecule has 0 aliphatic heterocycles. The minimum atomic E-state index is -0.456. The third-order valence-corrected chi connectivity index (χ3v) is 4.48. The van der Waals surface area contributed by atoms with Gasteiger partial charge in [-0.3, -0.25) is 14.8 Å². The maximum absolute atomic E-state index is 11.2. The van der Waals surface area contributed by atoms with Gasteiger partial charge < -0.3 is 5.32 Å². The van der Waals surface area contributed by atoms with Crippen molar-refractivity contribution in [3.8, 4) is 6.07 Å². The Bertz CT molecular complexity index is 1020. The summed E-state index contributed by atoms with van der Waals surface area (Å²) in [5.74, 6) is 0. The van der Waals surface area contributed by atoms with Crippen LogP contribution in [-0.2, 0) is 13.1 Å². The Balaban J connectivity index is 1.83. The van der Waals surface area contributed by atoms with E-state index in [-0.39, 0.29) is 5.69 Å². The lowest BCUT2D eigenvalue weighted by Gasteiger charge is -2.09. The van der Waals surface area contributed by atoms with Gasteiger partial charge in [0.1, 0.15) is 5.69 Å². The molecule has 0 aliphatic carbocycles. The molecule has 0 unspecified atom stereocenters. The summed E-state index contributed by atoms with van der Waals surface area (Å²) in [4.78, 5) is 10.8. The molecule has 0 atom stereocenters. The predicted octanol–water partition coefficient (Wildman–Crippen LogP) is 3.94. The Morgan fingerprint density at radius 2 is 1.96 bits per heavy atom. The lowest BCUT2D eigenvalue weighted by molar-refractivity contribution is -0.384. The van der Waals surface area contributed by atoms with Gasteiger partial charge in [-0.05, 0) is 31.5 Å². The van der Waals surface area contributed by atoms with Gasteiger partial charge in [0.25, 0.3) is 5.69 Å². The van der Waals surface area contributed by atoms with Crippen molar-refractivity contribution in [1.29, 1.82) is 5.26 Å². The lowest BCUT2D eigenvalue weighted by Crippen LogP contribution is -2.06. The summed E-state index contributed by atoms with van der Waals surface area (Å²) in [7, 11) is 0. The Hall–Kier alpha value is -3.66. The number of anilines is 1. The smallest absolute Gasteiger partial charge is 0.292 e. The number of nitro groups is 1. The van der Waals surface area contributed by atoms with Crippen LogP contribution in [0.25, 0.3) is 0 Å². The fourth-order valence-electron chi connectivity index (χ4n) is 2.99. The number of hydrogen-bond acceptors (Lipinski definition) is 5. The van der Waals surface area contributed by atoms with Crippen molar-refractivity contribution in [3.05, 3.63) is 86.7 Å². The highest BCUT2D eigenvalue weighted by Crippen LogP contribution is 2.26. The van der Waals surface area contributed by atoms with Gasteiger partial charge in [-0.2, -0.15) is 10.4 Å². The van der Waals surface area contributed by atoms with Crippen LogP contribution in [0.15, 0.2) is 48.5 Å². The first-order chi connectivity index (χ1) is 13.0. The molecule has 3 rings (SSSR count). The summed E-state index contributed by atoms with van der Waals surface area (Å²) in [6, 6.07) is 16.3. The van der Waals surface area contributed by atoms with Crippen molar-refractivity contribution < 1.29 is 4.92 Å². The van der Waals surface area contributed by atoms with E-state index in [2.05, 4.69) is 10.4 Å². The summed E-state index contributed by atoms with van der Waals surface area (Å²) in [6.45, 7) is 4.96. The van der Waals surface area contributed by atoms with Gasteiger partial charge in [0.05, 0.1) is 28.8 Å². The number of aryl methyl sites for hydroxylation is 1. The highest BCUT2D eigenvalue weighted by Gasteiger charge is 2.16. The van der Waals surface area contributed by atoms with Gasteiger partial charge >= 0.3 is 0 Å².